The van der Waals surface area contributed by atoms with Gasteiger partial charge in [0.05, 0.1) is 12.7 Å². The summed E-state index contributed by atoms with van der Waals surface area (Å²) in [4.78, 5) is 13.4. The van der Waals surface area contributed by atoms with E-state index in [0.717, 1.165) is 28.1 Å². The Labute approximate surface area is 182 Å². The van der Waals surface area contributed by atoms with Crippen molar-refractivity contribution in [2.24, 2.45) is 17.8 Å². The van der Waals surface area contributed by atoms with Gasteiger partial charge in [0.1, 0.15) is 5.00 Å². The number of thiocarbonyl (C=S) groups is 1. The zero-order valence-electron chi connectivity index (χ0n) is 16.9. The second-order valence-corrected chi connectivity index (χ2v) is 9.88. The summed E-state index contributed by atoms with van der Waals surface area (Å²) >= 11 is 7.15. The highest BCUT2D eigenvalue weighted by Gasteiger charge is 2.41. The van der Waals surface area contributed by atoms with Gasteiger partial charge in [-0.25, -0.2) is 4.79 Å². The van der Waals surface area contributed by atoms with Gasteiger partial charge in [-0.1, -0.05) is 36.8 Å². The average Bonchev–Trinajstić information content (AvgIpc) is 3.44. The van der Waals surface area contributed by atoms with E-state index >= 15 is 0 Å². The largest absolute Gasteiger partial charge is 0.465 e. The van der Waals surface area contributed by atoms with Gasteiger partial charge in [0, 0.05) is 17.3 Å². The third kappa shape index (κ3) is 4.64. The summed E-state index contributed by atoms with van der Waals surface area (Å²) in [6, 6.07) is 12.5. The molecule has 4 rings (SSSR count). The van der Waals surface area contributed by atoms with Crippen LogP contribution in [-0.2, 0) is 11.2 Å². The molecule has 0 spiro atoms. The quantitative estimate of drug-likeness (QED) is 0.487. The van der Waals surface area contributed by atoms with Crippen molar-refractivity contribution in [2.75, 3.05) is 12.4 Å². The fraction of sp³-hybridized carbons (Fsp3) is 0.478. The van der Waals surface area contributed by atoms with Crippen molar-refractivity contribution in [3.63, 3.8) is 0 Å². The van der Waals surface area contributed by atoms with Crippen LogP contribution in [0.15, 0.2) is 36.4 Å². The zero-order chi connectivity index (χ0) is 20.4. The first-order valence-electron chi connectivity index (χ1n) is 10.4. The minimum Gasteiger partial charge on any atom is -0.465 e. The van der Waals surface area contributed by atoms with E-state index in [9.17, 15) is 4.79 Å². The molecule has 2 aliphatic rings. The van der Waals surface area contributed by atoms with Gasteiger partial charge >= 0.3 is 5.97 Å². The highest BCUT2D eigenvalue weighted by Crippen LogP contribution is 2.49. The van der Waals surface area contributed by atoms with Crippen LogP contribution in [0, 0.1) is 17.8 Å². The van der Waals surface area contributed by atoms with Gasteiger partial charge in [0.2, 0.25) is 0 Å². The maximum absolute atomic E-state index is 12.3. The van der Waals surface area contributed by atoms with E-state index in [0.29, 0.717) is 22.6 Å². The fourth-order valence-corrected chi connectivity index (χ4v) is 6.48. The van der Waals surface area contributed by atoms with E-state index in [1.807, 2.05) is 24.3 Å². The van der Waals surface area contributed by atoms with Crippen molar-refractivity contribution in [3.05, 3.63) is 52.4 Å². The number of hydrogen-bond donors (Lipinski definition) is 2. The van der Waals surface area contributed by atoms with Gasteiger partial charge in [-0.15, -0.1) is 11.3 Å². The summed E-state index contributed by atoms with van der Waals surface area (Å²) in [5.74, 6) is 2.12. The number of fused-ring (bicyclic) bond motifs is 2. The molecule has 4 atom stereocenters. The molecule has 0 saturated heterocycles. The van der Waals surface area contributed by atoms with E-state index in [4.69, 9.17) is 17.0 Å². The van der Waals surface area contributed by atoms with Gasteiger partial charge in [-0.3, -0.25) is 0 Å². The van der Waals surface area contributed by atoms with Gasteiger partial charge in [0.15, 0.2) is 5.11 Å². The maximum Gasteiger partial charge on any atom is 0.340 e. The lowest BCUT2D eigenvalue weighted by atomic mass is 9.84. The molecule has 2 saturated carbocycles. The molecule has 4 unspecified atom stereocenters. The summed E-state index contributed by atoms with van der Waals surface area (Å²) in [7, 11) is 1.41. The third-order valence-electron chi connectivity index (χ3n) is 6.43. The Hall–Kier alpha value is -1.92. The lowest BCUT2D eigenvalue weighted by Crippen LogP contribution is -2.42. The van der Waals surface area contributed by atoms with Crippen LogP contribution in [0.1, 0.15) is 53.4 Å². The standard InChI is InChI=1S/C23H28N2O2S2/c1-14(19-12-16-8-9-17(19)10-16)24-23(28)25-21-20(22(26)27-2)13-18(29-21)11-15-6-4-3-5-7-15/h3-7,13-14,16-17,19H,8-12H2,1-2H3,(H2,24,25,28). The summed E-state index contributed by atoms with van der Waals surface area (Å²) in [6.45, 7) is 2.23. The monoisotopic (exact) mass is 428 g/mol. The van der Waals surface area contributed by atoms with Crippen LogP contribution >= 0.6 is 23.6 Å². The lowest BCUT2D eigenvalue weighted by Gasteiger charge is -2.29. The minimum atomic E-state index is -0.341. The van der Waals surface area contributed by atoms with Crippen molar-refractivity contribution < 1.29 is 9.53 Å². The molecular weight excluding hydrogens is 400 g/mol. The van der Waals surface area contributed by atoms with Crippen molar-refractivity contribution in [3.8, 4) is 0 Å². The van der Waals surface area contributed by atoms with Crippen LogP contribution in [0.25, 0.3) is 0 Å². The smallest absolute Gasteiger partial charge is 0.340 e. The van der Waals surface area contributed by atoms with Crippen molar-refractivity contribution >= 4 is 39.6 Å². The molecular formula is C23H28N2O2S2. The molecule has 2 fully saturated rings. The van der Waals surface area contributed by atoms with Crippen LogP contribution in [0.3, 0.4) is 0 Å². The number of methoxy groups -OCH3 is 1. The van der Waals surface area contributed by atoms with Crippen LogP contribution in [0.2, 0.25) is 0 Å². The molecule has 1 aromatic heterocycles. The third-order valence-corrected chi connectivity index (χ3v) is 7.70. The van der Waals surface area contributed by atoms with Crippen LogP contribution < -0.4 is 10.6 Å². The molecule has 29 heavy (non-hydrogen) atoms. The van der Waals surface area contributed by atoms with Crippen LogP contribution in [0.4, 0.5) is 5.00 Å². The summed E-state index contributed by atoms with van der Waals surface area (Å²) in [6.07, 6.45) is 6.24. The van der Waals surface area contributed by atoms with Crippen LogP contribution in [0.5, 0.6) is 0 Å². The average molecular weight is 429 g/mol. The second-order valence-electron chi connectivity index (χ2n) is 8.34. The maximum atomic E-state index is 12.3. The SMILES string of the molecule is COC(=O)c1cc(Cc2ccccc2)sc1NC(=S)NC(C)C1CC2CCC1C2. The molecule has 0 amide bonds. The van der Waals surface area contributed by atoms with E-state index in [-0.39, 0.29) is 5.97 Å². The Morgan fingerprint density at radius 1 is 1.28 bits per heavy atom. The normalized spacial score (nSPS) is 23.6. The predicted octanol–water partition coefficient (Wildman–Crippen LogP) is 5.24. The minimum absolute atomic E-state index is 0.341. The molecule has 2 aromatic rings. The van der Waals surface area contributed by atoms with Crippen molar-refractivity contribution in [1.29, 1.82) is 0 Å². The number of nitrogens with one attached hydrogen (secondary N) is 2. The van der Waals surface area contributed by atoms with Gasteiger partial charge in [0.25, 0.3) is 0 Å². The number of esters is 1. The Bertz CT molecular complexity index is 880. The number of thiophene rings is 1. The molecule has 1 heterocycles. The topological polar surface area (TPSA) is 50.4 Å². The molecule has 2 N–H and O–H groups in total. The number of carbonyl (C=O) groups excluding carboxylic acids is 1. The van der Waals surface area contributed by atoms with E-state index in [1.165, 1.54) is 38.4 Å². The van der Waals surface area contributed by atoms with E-state index in [2.05, 4.69) is 29.7 Å². The summed E-state index contributed by atoms with van der Waals surface area (Å²) in [5.41, 5.74) is 1.75. The fourth-order valence-electron chi connectivity index (χ4n) is 5.04. The second kappa shape index (κ2) is 8.84. The zero-order valence-corrected chi connectivity index (χ0v) is 18.6. The summed E-state index contributed by atoms with van der Waals surface area (Å²) < 4.78 is 4.98. The first-order chi connectivity index (χ1) is 14.0. The van der Waals surface area contributed by atoms with Crippen molar-refractivity contribution in [1.82, 2.24) is 5.32 Å². The highest BCUT2D eigenvalue weighted by molar-refractivity contribution is 7.80. The number of anilines is 1. The predicted molar refractivity (Wildman–Crippen MR) is 123 cm³/mol. The molecule has 4 nitrogen and oxygen atoms in total. The van der Waals surface area contributed by atoms with E-state index in [1.54, 1.807) is 11.3 Å². The van der Waals surface area contributed by atoms with Gasteiger partial charge < -0.3 is 15.4 Å². The molecule has 0 aliphatic heterocycles. The molecule has 2 bridgehead atoms. The molecule has 2 aliphatic carbocycles. The van der Waals surface area contributed by atoms with Crippen LogP contribution in [-0.4, -0.2) is 24.2 Å². The molecule has 154 valence electrons. The Balaban J connectivity index is 1.43. The number of rotatable bonds is 6. The number of benzene rings is 1. The van der Waals surface area contributed by atoms with Crippen molar-refractivity contribution in [2.45, 2.75) is 45.1 Å². The number of carbonyl (C=O) groups is 1. The number of ether oxygens (including phenoxy) is 1. The summed E-state index contributed by atoms with van der Waals surface area (Å²) in [5, 5.41) is 8.07. The van der Waals surface area contributed by atoms with Gasteiger partial charge in [-0.05, 0) is 67.8 Å². The Morgan fingerprint density at radius 2 is 2.07 bits per heavy atom. The van der Waals surface area contributed by atoms with E-state index < -0.39 is 0 Å². The first-order valence-corrected chi connectivity index (χ1v) is 11.6. The highest BCUT2D eigenvalue weighted by atomic mass is 32.1. The Kier molecular flexibility index (Phi) is 6.20. The molecule has 1 aromatic carbocycles. The number of hydrogen-bond acceptors (Lipinski definition) is 4. The first kappa shape index (κ1) is 20.4. The Morgan fingerprint density at radius 3 is 2.72 bits per heavy atom. The van der Waals surface area contributed by atoms with Gasteiger partial charge in [-0.2, -0.15) is 0 Å². The molecule has 0 radical (unpaired) electrons. The molecule has 6 heteroatoms. The lowest BCUT2D eigenvalue weighted by molar-refractivity contribution is 0.0602.